The van der Waals surface area contributed by atoms with Gasteiger partial charge < -0.3 is 14.7 Å². The number of piperidine rings is 1. The van der Waals surface area contributed by atoms with Gasteiger partial charge >= 0.3 is 5.97 Å². The zero-order chi connectivity index (χ0) is 18.7. The Morgan fingerprint density at radius 3 is 2.54 bits per heavy atom. The molecule has 3 rings (SSSR count). The molecule has 0 saturated carbocycles. The molecule has 10 heteroatoms. The van der Waals surface area contributed by atoms with Gasteiger partial charge in [0, 0.05) is 26.2 Å². The molecule has 0 aromatic carbocycles. The Labute approximate surface area is 151 Å². The first-order chi connectivity index (χ1) is 12.4. The Kier molecular flexibility index (Phi) is 5.54. The second kappa shape index (κ2) is 7.68. The van der Waals surface area contributed by atoms with E-state index in [1.165, 1.54) is 27.4 Å². The molecule has 1 unspecified atom stereocenters. The van der Waals surface area contributed by atoms with Gasteiger partial charge in [0.25, 0.3) is 5.91 Å². The number of likely N-dealkylation sites (tertiary alicyclic amines) is 1. The second-order valence-electron chi connectivity index (χ2n) is 6.28. The van der Waals surface area contributed by atoms with Crippen molar-refractivity contribution >= 4 is 21.9 Å². The fourth-order valence-electron chi connectivity index (χ4n) is 3.21. The smallest absolute Gasteiger partial charge is 0.354 e. The van der Waals surface area contributed by atoms with E-state index < -0.39 is 27.1 Å². The van der Waals surface area contributed by atoms with E-state index in [0.717, 1.165) is 0 Å². The number of sulfonamides is 1. The highest BCUT2D eigenvalue weighted by Gasteiger charge is 2.37. The molecule has 1 aromatic rings. The fraction of sp³-hybridized carbons (Fsp3) is 0.562. The van der Waals surface area contributed by atoms with Crippen molar-refractivity contribution in [3.05, 3.63) is 29.6 Å². The molecule has 2 saturated heterocycles. The molecule has 0 bridgehead atoms. The Bertz CT molecular complexity index is 791. The summed E-state index contributed by atoms with van der Waals surface area (Å²) in [6, 6.07) is 4.20. The molecule has 0 aliphatic carbocycles. The van der Waals surface area contributed by atoms with E-state index in [2.05, 4.69) is 4.98 Å². The minimum Gasteiger partial charge on any atom is -0.477 e. The molecule has 142 valence electrons. The number of carboxylic acids is 1. The van der Waals surface area contributed by atoms with Crippen LogP contribution in [0.2, 0.25) is 0 Å². The fourth-order valence-corrected chi connectivity index (χ4v) is 5.13. The lowest BCUT2D eigenvalue weighted by Gasteiger charge is -2.36. The number of carboxylic acid groups (broad SMARTS) is 1. The molecule has 0 spiro atoms. The van der Waals surface area contributed by atoms with Crippen LogP contribution in [0.25, 0.3) is 0 Å². The highest BCUT2D eigenvalue weighted by Crippen LogP contribution is 2.22. The van der Waals surface area contributed by atoms with Crippen LogP contribution in [0.15, 0.2) is 18.2 Å². The Balaban J connectivity index is 1.74. The molecule has 26 heavy (non-hydrogen) atoms. The van der Waals surface area contributed by atoms with Gasteiger partial charge in [-0.25, -0.2) is 18.2 Å². The predicted molar refractivity (Wildman–Crippen MR) is 91.4 cm³/mol. The van der Waals surface area contributed by atoms with Crippen molar-refractivity contribution in [1.29, 1.82) is 0 Å². The van der Waals surface area contributed by atoms with Crippen molar-refractivity contribution in [3.8, 4) is 0 Å². The van der Waals surface area contributed by atoms with Crippen LogP contribution >= 0.6 is 0 Å². The number of amides is 1. The summed E-state index contributed by atoms with van der Waals surface area (Å²) in [6.07, 6.45) is 1.06. The van der Waals surface area contributed by atoms with Gasteiger partial charge in [0.2, 0.25) is 10.0 Å². The summed E-state index contributed by atoms with van der Waals surface area (Å²) in [4.78, 5) is 29.0. The summed E-state index contributed by atoms with van der Waals surface area (Å²) in [7, 11) is -3.51. The SMILES string of the molecule is O=C(O)c1cccc(C(=O)N2CCCC(S(=O)(=O)N3CCOCC3)C2)n1. The van der Waals surface area contributed by atoms with Crippen LogP contribution in [0.4, 0.5) is 0 Å². The van der Waals surface area contributed by atoms with E-state index in [-0.39, 0.29) is 17.9 Å². The first-order valence-electron chi connectivity index (χ1n) is 8.46. The molecule has 2 aliphatic rings. The normalized spacial score (nSPS) is 22.2. The third-order valence-electron chi connectivity index (χ3n) is 4.60. The van der Waals surface area contributed by atoms with Crippen molar-refractivity contribution in [3.63, 3.8) is 0 Å². The maximum atomic E-state index is 12.8. The number of carbonyl (C=O) groups excluding carboxylic acids is 1. The van der Waals surface area contributed by atoms with E-state index >= 15 is 0 Å². The minimum absolute atomic E-state index is 0.00863. The van der Waals surface area contributed by atoms with E-state index in [9.17, 15) is 18.0 Å². The summed E-state index contributed by atoms with van der Waals surface area (Å²) >= 11 is 0. The molecule has 0 radical (unpaired) electrons. The Hall–Kier alpha value is -2.04. The monoisotopic (exact) mass is 383 g/mol. The van der Waals surface area contributed by atoms with Gasteiger partial charge in [0.1, 0.15) is 11.4 Å². The number of pyridine rings is 1. The van der Waals surface area contributed by atoms with Gasteiger partial charge in [-0.3, -0.25) is 4.79 Å². The lowest BCUT2D eigenvalue weighted by atomic mass is 10.1. The van der Waals surface area contributed by atoms with Crippen LogP contribution in [0.3, 0.4) is 0 Å². The number of rotatable bonds is 4. The molecular weight excluding hydrogens is 362 g/mol. The molecule has 2 fully saturated rings. The summed E-state index contributed by atoms with van der Waals surface area (Å²) in [5, 5.41) is 8.35. The molecule has 3 heterocycles. The van der Waals surface area contributed by atoms with Gasteiger partial charge in [-0.1, -0.05) is 6.07 Å². The Morgan fingerprint density at radius 1 is 1.15 bits per heavy atom. The van der Waals surface area contributed by atoms with Crippen molar-refractivity contribution in [2.75, 3.05) is 39.4 Å². The molecule has 2 aliphatic heterocycles. The van der Waals surface area contributed by atoms with Crippen LogP contribution in [0, 0.1) is 0 Å². The highest BCUT2D eigenvalue weighted by molar-refractivity contribution is 7.89. The van der Waals surface area contributed by atoms with E-state index in [4.69, 9.17) is 9.84 Å². The molecule has 1 aromatic heterocycles. The minimum atomic E-state index is -3.51. The quantitative estimate of drug-likeness (QED) is 0.780. The number of aromatic carboxylic acids is 1. The number of aromatic nitrogens is 1. The molecule has 1 N–H and O–H groups in total. The third kappa shape index (κ3) is 3.87. The van der Waals surface area contributed by atoms with Crippen molar-refractivity contribution in [2.45, 2.75) is 18.1 Å². The number of ether oxygens (including phenoxy) is 1. The number of nitrogens with zero attached hydrogens (tertiary/aromatic N) is 3. The summed E-state index contributed by atoms with van der Waals surface area (Å²) in [5.41, 5.74) is -0.209. The predicted octanol–water partition coefficient (Wildman–Crippen LogP) is 0.0464. The molecule has 1 atom stereocenters. The van der Waals surface area contributed by atoms with Crippen LogP contribution in [-0.2, 0) is 14.8 Å². The summed E-state index contributed by atoms with van der Waals surface area (Å²) in [6.45, 7) is 1.91. The molecule has 1 amide bonds. The average Bonchev–Trinajstić information content (AvgIpc) is 2.68. The third-order valence-corrected chi connectivity index (χ3v) is 6.92. The van der Waals surface area contributed by atoms with Gasteiger partial charge in [-0.2, -0.15) is 4.31 Å². The van der Waals surface area contributed by atoms with Gasteiger partial charge in [0.15, 0.2) is 0 Å². The maximum absolute atomic E-state index is 12.8. The van der Waals surface area contributed by atoms with Gasteiger partial charge in [-0.15, -0.1) is 0 Å². The van der Waals surface area contributed by atoms with E-state index in [0.29, 0.717) is 45.7 Å². The van der Waals surface area contributed by atoms with E-state index in [1.807, 2.05) is 0 Å². The van der Waals surface area contributed by atoms with E-state index in [1.54, 1.807) is 0 Å². The van der Waals surface area contributed by atoms with Crippen LogP contribution in [0.5, 0.6) is 0 Å². The average molecular weight is 383 g/mol. The van der Waals surface area contributed by atoms with Crippen molar-refractivity contribution in [2.24, 2.45) is 0 Å². The standard InChI is InChI=1S/C16H21N3O6S/c20-15(13-4-1-5-14(17-13)16(21)22)18-6-2-3-12(11-18)26(23,24)19-7-9-25-10-8-19/h1,4-5,12H,2-3,6-11H2,(H,21,22). The summed E-state index contributed by atoms with van der Waals surface area (Å²) < 4.78 is 32.3. The number of hydrogen-bond acceptors (Lipinski definition) is 6. The van der Waals surface area contributed by atoms with Crippen molar-refractivity contribution < 1.29 is 27.9 Å². The van der Waals surface area contributed by atoms with Gasteiger partial charge in [-0.05, 0) is 25.0 Å². The lowest BCUT2D eigenvalue weighted by Crippen LogP contribution is -2.51. The number of carbonyl (C=O) groups is 2. The molecular formula is C16H21N3O6S. The lowest BCUT2D eigenvalue weighted by molar-refractivity contribution is 0.0680. The number of morpholine rings is 1. The first-order valence-corrected chi connectivity index (χ1v) is 9.96. The maximum Gasteiger partial charge on any atom is 0.354 e. The zero-order valence-corrected chi connectivity index (χ0v) is 15.0. The molecule has 9 nitrogen and oxygen atoms in total. The second-order valence-corrected chi connectivity index (χ2v) is 8.50. The van der Waals surface area contributed by atoms with Crippen molar-refractivity contribution in [1.82, 2.24) is 14.2 Å². The number of hydrogen-bond donors (Lipinski definition) is 1. The van der Waals surface area contributed by atoms with Crippen LogP contribution < -0.4 is 0 Å². The Morgan fingerprint density at radius 2 is 1.85 bits per heavy atom. The first kappa shape index (κ1) is 18.7. The van der Waals surface area contributed by atoms with Crippen LogP contribution in [-0.4, -0.2) is 84.2 Å². The highest BCUT2D eigenvalue weighted by atomic mass is 32.2. The van der Waals surface area contributed by atoms with Crippen LogP contribution in [0.1, 0.15) is 33.8 Å². The van der Waals surface area contributed by atoms with Gasteiger partial charge in [0.05, 0.1) is 18.5 Å². The topological polar surface area (TPSA) is 117 Å². The summed E-state index contributed by atoms with van der Waals surface area (Å²) in [5.74, 6) is -1.67. The largest absolute Gasteiger partial charge is 0.477 e. The zero-order valence-electron chi connectivity index (χ0n) is 14.2.